The van der Waals surface area contributed by atoms with Crippen LogP contribution in [0.5, 0.6) is 0 Å². The van der Waals surface area contributed by atoms with E-state index in [1.165, 1.54) is 5.56 Å². The molecule has 1 unspecified atom stereocenters. The molecule has 0 saturated heterocycles. The second kappa shape index (κ2) is 5.59. The minimum atomic E-state index is -2.64. The highest BCUT2D eigenvalue weighted by molar-refractivity contribution is 7.78. The first-order chi connectivity index (χ1) is 11.8. The fraction of sp³-hybridized carbons (Fsp3) is 0.182. The first-order valence-electron chi connectivity index (χ1n) is 8.40. The Labute approximate surface area is 154 Å². The highest BCUT2D eigenvalue weighted by atomic mass is 35.5. The Kier molecular flexibility index (Phi) is 3.72. The summed E-state index contributed by atoms with van der Waals surface area (Å²) in [7, 11) is -2.64. The van der Waals surface area contributed by atoms with E-state index in [-0.39, 0.29) is 5.41 Å². The zero-order chi connectivity index (χ0) is 17.8. The fourth-order valence-corrected chi connectivity index (χ4v) is 6.74. The van der Waals surface area contributed by atoms with Crippen LogP contribution in [0.4, 0.5) is 0 Å². The lowest BCUT2D eigenvalue weighted by Crippen LogP contribution is -2.39. The van der Waals surface area contributed by atoms with Gasteiger partial charge in [0, 0.05) is 21.0 Å². The van der Waals surface area contributed by atoms with E-state index in [1.807, 2.05) is 49.1 Å². The first kappa shape index (κ1) is 16.6. The third-order valence-corrected chi connectivity index (χ3v) is 8.16. The fourth-order valence-electron chi connectivity index (χ4n) is 3.91. The van der Waals surface area contributed by atoms with Gasteiger partial charge in [0.15, 0.2) is 0 Å². The summed E-state index contributed by atoms with van der Waals surface area (Å²) < 4.78 is 13.8. The maximum atomic E-state index is 13.8. The lowest BCUT2D eigenvalue weighted by molar-refractivity contribution is 0.584. The van der Waals surface area contributed by atoms with Gasteiger partial charge in [-0.1, -0.05) is 74.0 Å². The van der Waals surface area contributed by atoms with Gasteiger partial charge in [0.2, 0.25) is 0 Å². The van der Waals surface area contributed by atoms with Crippen LogP contribution in [-0.4, -0.2) is 6.66 Å². The summed E-state index contributed by atoms with van der Waals surface area (Å²) in [5.41, 5.74) is 4.26. The van der Waals surface area contributed by atoms with E-state index in [4.69, 9.17) is 11.6 Å². The maximum Gasteiger partial charge on any atom is 0.140 e. The highest BCUT2D eigenvalue weighted by Gasteiger charge is 2.41. The van der Waals surface area contributed by atoms with Crippen molar-refractivity contribution in [1.82, 2.24) is 0 Å². The molecule has 1 aliphatic heterocycles. The zero-order valence-electron chi connectivity index (χ0n) is 14.6. The monoisotopic (exact) mass is 366 g/mol. The summed E-state index contributed by atoms with van der Waals surface area (Å²) in [6.45, 7) is 6.31. The average Bonchev–Trinajstić information content (AvgIpc) is 2.60. The van der Waals surface area contributed by atoms with E-state index in [0.717, 1.165) is 27.3 Å². The van der Waals surface area contributed by atoms with Crippen molar-refractivity contribution >= 4 is 29.4 Å². The maximum absolute atomic E-state index is 13.8. The Balaban J connectivity index is 1.99. The van der Waals surface area contributed by atoms with Gasteiger partial charge < -0.3 is 4.57 Å². The summed E-state index contributed by atoms with van der Waals surface area (Å²) >= 11 is 6.15. The molecule has 0 bridgehead atoms. The molecule has 0 amide bonds. The lowest BCUT2D eigenvalue weighted by atomic mass is 9.77. The van der Waals surface area contributed by atoms with Crippen LogP contribution in [0.1, 0.15) is 25.0 Å². The van der Waals surface area contributed by atoms with Crippen LogP contribution in [0.25, 0.3) is 11.1 Å². The molecule has 3 heteroatoms. The molecule has 1 heterocycles. The van der Waals surface area contributed by atoms with E-state index in [9.17, 15) is 4.57 Å². The zero-order valence-corrected chi connectivity index (χ0v) is 16.2. The molecule has 0 radical (unpaired) electrons. The van der Waals surface area contributed by atoms with Crippen molar-refractivity contribution < 1.29 is 4.57 Å². The second-order valence-corrected chi connectivity index (χ2v) is 10.6. The van der Waals surface area contributed by atoms with E-state index in [1.54, 1.807) is 0 Å². The van der Waals surface area contributed by atoms with Gasteiger partial charge in [-0.15, -0.1) is 0 Å². The molecule has 0 aromatic heterocycles. The van der Waals surface area contributed by atoms with Gasteiger partial charge in [0.05, 0.1) is 0 Å². The van der Waals surface area contributed by atoms with Crippen molar-refractivity contribution in [2.45, 2.75) is 19.3 Å². The Morgan fingerprint density at radius 1 is 0.800 bits per heavy atom. The molecule has 1 aliphatic rings. The van der Waals surface area contributed by atoms with Gasteiger partial charge in [-0.05, 0) is 47.1 Å². The van der Waals surface area contributed by atoms with Gasteiger partial charge in [0.25, 0.3) is 0 Å². The van der Waals surface area contributed by atoms with Crippen LogP contribution in [0, 0.1) is 0 Å². The Hall–Kier alpha value is -1.82. The standard InChI is InChI=1S/C22H20ClOP/c1-22(2)18-9-4-5-10-20(18)25(3,24)21-14-16(11-12-19(21)22)15-7-6-8-17(23)13-15/h4-14H,1-3H3. The van der Waals surface area contributed by atoms with E-state index < -0.39 is 7.14 Å². The minimum absolute atomic E-state index is 0.164. The van der Waals surface area contributed by atoms with E-state index in [2.05, 4.69) is 38.1 Å². The van der Waals surface area contributed by atoms with Crippen molar-refractivity contribution in [3.63, 3.8) is 0 Å². The van der Waals surface area contributed by atoms with Crippen LogP contribution >= 0.6 is 18.7 Å². The quantitative estimate of drug-likeness (QED) is 0.513. The van der Waals surface area contributed by atoms with Crippen LogP contribution in [-0.2, 0) is 9.98 Å². The molecule has 3 aromatic carbocycles. The predicted molar refractivity (Wildman–Crippen MR) is 108 cm³/mol. The van der Waals surface area contributed by atoms with Gasteiger partial charge in [0.1, 0.15) is 7.14 Å². The predicted octanol–water partition coefficient (Wildman–Crippen LogP) is 5.59. The molecule has 25 heavy (non-hydrogen) atoms. The summed E-state index contributed by atoms with van der Waals surface area (Å²) in [6.07, 6.45) is 0. The highest BCUT2D eigenvalue weighted by Crippen LogP contribution is 2.50. The lowest BCUT2D eigenvalue weighted by Gasteiger charge is -2.38. The first-order valence-corrected chi connectivity index (χ1v) is 10.9. The molecular weight excluding hydrogens is 347 g/mol. The van der Waals surface area contributed by atoms with Gasteiger partial charge in [-0.25, -0.2) is 0 Å². The van der Waals surface area contributed by atoms with Crippen LogP contribution < -0.4 is 10.6 Å². The molecule has 1 atom stereocenters. The van der Waals surface area contributed by atoms with Crippen LogP contribution in [0.3, 0.4) is 0 Å². The molecule has 0 aliphatic carbocycles. The normalized spacial score (nSPS) is 20.6. The summed E-state index contributed by atoms with van der Waals surface area (Å²) in [5.74, 6) is 0. The Morgan fingerprint density at radius 3 is 2.24 bits per heavy atom. The molecule has 3 aromatic rings. The van der Waals surface area contributed by atoms with E-state index in [0.29, 0.717) is 5.02 Å². The molecule has 0 saturated carbocycles. The van der Waals surface area contributed by atoms with Gasteiger partial charge >= 0.3 is 0 Å². The number of hydrogen-bond acceptors (Lipinski definition) is 1. The van der Waals surface area contributed by atoms with Crippen molar-refractivity contribution in [3.05, 3.63) is 82.9 Å². The molecular formula is C22H20ClOP. The third-order valence-electron chi connectivity index (χ3n) is 5.33. The number of hydrogen-bond donors (Lipinski definition) is 0. The Bertz CT molecular complexity index is 1040. The van der Waals surface area contributed by atoms with E-state index >= 15 is 0 Å². The van der Waals surface area contributed by atoms with Crippen LogP contribution in [0.15, 0.2) is 66.7 Å². The summed E-state index contributed by atoms with van der Waals surface area (Å²) in [4.78, 5) is 0. The number of fused-ring (bicyclic) bond motifs is 2. The van der Waals surface area contributed by atoms with Crippen molar-refractivity contribution in [3.8, 4) is 11.1 Å². The Morgan fingerprint density at radius 2 is 1.48 bits per heavy atom. The number of benzene rings is 3. The molecule has 1 nitrogen and oxygen atoms in total. The van der Waals surface area contributed by atoms with Crippen LogP contribution in [0.2, 0.25) is 5.02 Å². The smallest absolute Gasteiger partial charge is 0.140 e. The largest absolute Gasteiger partial charge is 0.314 e. The van der Waals surface area contributed by atoms with Crippen molar-refractivity contribution in [2.75, 3.05) is 6.66 Å². The summed E-state index contributed by atoms with van der Waals surface area (Å²) in [6, 6.07) is 22.3. The van der Waals surface area contributed by atoms with Gasteiger partial charge in [-0.2, -0.15) is 0 Å². The molecule has 0 spiro atoms. The molecule has 0 N–H and O–H groups in total. The van der Waals surface area contributed by atoms with Crippen molar-refractivity contribution in [2.24, 2.45) is 0 Å². The SMILES string of the molecule is CC1(C)c2ccccc2P(C)(=O)c2cc(-c3cccc(Cl)c3)ccc21. The summed E-state index contributed by atoms with van der Waals surface area (Å²) in [5, 5.41) is 2.66. The molecule has 126 valence electrons. The topological polar surface area (TPSA) is 17.1 Å². The van der Waals surface area contributed by atoms with Gasteiger partial charge in [-0.3, -0.25) is 0 Å². The average molecular weight is 367 g/mol. The third kappa shape index (κ3) is 2.49. The second-order valence-electron chi connectivity index (χ2n) is 7.31. The number of halogens is 1. The van der Waals surface area contributed by atoms with Crippen molar-refractivity contribution in [1.29, 1.82) is 0 Å². The minimum Gasteiger partial charge on any atom is -0.314 e. The number of rotatable bonds is 1. The molecule has 0 fully saturated rings. The molecule has 4 rings (SSSR count).